The summed E-state index contributed by atoms with van der Waals surface area (Å²) >= 11 is 9.81. The standard InChI is InChI=1S/C13H16BrClO/c1-16-13-6-5-11(14)8-10(13)7-9-3-2-4-12(9)15/h5-6,8-9,12H,2-4,7H2,1H3. The molecule has 1 fully saturated rings. The zero-order valence-electron chi connectivity index (χ0n) is 9.38. The van der Waals surface area contributed by atoms with Crippen LogP contribution in [-0.2, 0) is 6.42 Å². The summed E-state index contributed by atoms with van der Waals surface area (Å²) in [6, 6.07) is 6.16. The summed E-state index contributed by atoms with van der Waals surface area (Å²) in [5.41, 5.74) is 1.26. The van der Waals surface area contributed by atoms with Gasteiger partial charge in [0.05, 0.1) is 7.11 Å². The first-order chi connectivity index (χ1) is 7.70. The van der Waals surface area contributed by atoms with E-state index >= 15 is 0 Å². The molecular weight excluding hydrogens is 287 g/mol. The number of ether oxygens (including phenoxy) is 1. The van der Waals surface area contributed by atoms with Crippen molar-refractivity contribution in [2.45, 2.75) is 31.1 Å². The molecule has 0 bridgehead atoms. The molecule has 0 radical (unpaired) electrons. The molecule has 3 heteroatoms. The van der Waals surface area contributed by atoms with Crippen molar-refractivity contribution < 1.29 is 4.74 Å². The van der Waals surface area contributed by atoms with Gasteiger partial charge in [-0.3, -0.25) is 0 Å². The first kappa shape index (κ1) is 12.3. The lowest BCUT2D eigenvalue weighted by atomic mass is 9.97. The van der Waals surface area contributed by atoms with Crippen molar-refractivity contribution in [3.8, 4) is 5.75 Å². The fraction of sp³-hybridized carbons (Fsp3) is 0.538. The second-order valence-electron chi connectivity index (χ2n) is 4.37. The molecular formula is C13H16BrClO. The Morgan fingerprint density at radius 2 is 2.25 bits per heavy atom. The third-order valence-electron chi connectivity index (χ3n) is 3.29. The minimum absolute atomic E-state index is 0.337. The topological polar surface area (TPSA) is 9.23 Å². The second-order valence-corrected chi connectivity index (χ2v) is 5.84. The second kappa shape index (κ2) is 5.42. The van der Waals surface area contributed by atoms with Crippen LogP contribution in [0.15, 0.2) is 22.7 Å². The summed E-state index contributed by atoms with van der Waals surface area (Å²) in [4.78, 5) is 0. The van der Waals surface area contributed by atoms with E-state index in [0.717, 1.165) is 23.1 Å². The highest BCUT2D eigenvalue weighted by Crippen LogP contribution is 2.35. The average Bonchev–Trinajstić information content (AvgIpc) is 2.65. The molecule has 0 aliphatic heterocycles. The zero-order chi connectivity index (χ0) is 11.5. The highest BCUT2D eigenvalue weighted by Gasteiger charge is 2.26. The molecule has 1 saturated carbocycles. The summed E-state index contributed by atoms with van der Waals surface area (Å²) in [5, 5.41) is 0.337. The van der Waals surface area contributed by atoms with Gasteiger partial charge in [-0.05, 0) is 48.9 Å². The van der Waals surface area contributed by atoms with Crippen LogP contribution < -0.4 is 4.74 Å². The van der Waals surface area contributed by atoms with Crippen molar-refractivity contribution in [3.05, 3.63) is 28.2 Å². The van der Waals surface area contributed by atoms with Crippen molar-refractivity contribution in [1.82, 2.24) is 0 Å². The van der Waals surface area contributed by atoms with Crippen LogP contribution >= 0.6 is 27.5 Å². The van der Waals surface area contributed by atoms with Gasteiger partial charge in [-0.2, -0.15) is 0 Å². The molecule has 1 nitrogen and oxygen atoms in total. The Bertz CT molecular complexity index is 367. The van der Waals surface area contributed by atoms with E-state index in [0.29, 0.717) is 11.3 Å². The van der Waals surface area contributed by atoms with E-state index in [1.54, 1.807) is 7.11 Å². The first-order valence-corrected chi connectivity index (χ1v) is 6.90. The first-order valence-electron chi connectivity index (χ1n) is 5.67. The minimum atomic E-state index is 0.337. The lowest BCUT2D eigenvalue weighted by molar-refractivity contribution is 0.404. The zero-order valence-corrected chi connectivity index (χ0v) is 11.7. The number of benzene rings is 1. The van der Waals surface area contributed by atoms with E-state index < -0.39 is 0 Å². The van der Waals surface area contributed by atoms with E-state index in [4.69, 9.17) is 16.3 Å². The Morgan fingerprint density at radius 1 is 1.44 bits per heavy atom. The van der Waals surface area contributed by atoms with Gasteiger partial charge in [0.2, 0.25) is 0 Å². The third kappa shape index (κ3) is 2.72. The Balaban J connectivity index is 2.16. The van der Waals surface area contributed by atoms with Crippen LogP contribution in [0.5, 0.6) is 5.75 Å². The van der Waals surface area contributed by atoms with Crippen LogP contribution in [0.4, 0.5) is 0 Å². The van der Waals surface area contributed by atoms with Crippen LogP contribution in [0, 0.1) is 5.92 Å². The Kier molecular flexibility index (Phi) is 4.15. The van der Waals surface area contributed by atoms with Crippen LogP contribution in [0.2, 0.25) is 0 Å². The number of methoxy groups -OCH3 is 1. The molecule has 1 aliphatic rings. The fourth-order valence-electron chi connectivity index (χ4n) is 2.41. The predicted molar refractivity (Wildman–Crippen MR) is 71.4 cm³/mol. The van der Waals surface area contributed by atoms with Gasteiger partial charge >= 0.3 is 0 Å². The maximum absolute atomic E-state index is 6.31. The lowest BCUT2D eigenvalue weighted by Crippen LogP contribution is -2.10. The Labute approximate surface area is 110 Å². The SMILES string of the molecule is COc1ccc(Br)cc1CC1CCCC1Cl. The summed E-state index contributed by atoms with van der Waals surface area (Å²) in [7, 11) is 1.72. The summed E-state index contributed by atoms with van der Waals surface area (Å²) in [6.07, 6.45) is 4.68. The van der Waals surface area contributed by atoms with Gasteiger partial charge in [-0.25, -0.2) is 0 Å². The van der Waals surface area contributed by atoms with Crippen LogP contribution in [0.25, 0.3) is 0 Å². The van der Waals surface area contributed by atoms with E-state index in [-0.39, 0.29) is 0 Å². The number of rotatable bonds is 3. The van der Waals surface area contributed by atoms with Gasteiger partial charge in [0.1, 0.15) is 5.75 Å². The molecule has 1 aliphatic carbocycles. The molecule has 0 aromatic heterocycles. The minimum Gasteiger partial charge on any atom is -0.496 e. The van der Waals surface area contributed by atoms with E-state index in [9.17, 15) is 0 Å². The van der Waals surface area contributed by atoms with Crippen molar-refractivity contribution in [1.29, 1.82) is 0 Å². The highest BCUT2D eigenvalue weighted by atomic mass is 79.9. The Morgan fingerprint density at radius 3 is 2.88 bits per heavy atom. The number of halogens is 2. The molecule has 2 unspecified atom stereocenters. The maximum Gasteiger partial charge on any atom is 0.122 e. The van der Waals surface area contributed by atoms with Gasteiger partial charge in [-0.1, -0.05) is 22.4 Å². The molecule has 88 valence electrons. The summed E-state index contributed by atoms with van der Waals surface area (Å²) < 4.78 is 6.49. The number of hydrogen-bond acceptors (Lipinski definition) is 1. The van der Waals surface area contributed by atoms with E-state index in [1.165, 1.54) is 18.4 Å². The van der Waals surface area contributed by atoms with Crippen molar-refractivity contribution >= 4 is 27.5 Å². The molecule has 1 aromatic rings. The van der Waals surface area contributed by atoms with E-state index in [1.807, 2.05) is 12.1 Å². The molecule has 0 heterocycles. The average molecular weight is 304 g/mol. The van der Waals surface area contributed by atoms with Gasteiger partial charge in [0, 0.05) is 9.85 Å². The van der Waals surface area contributed by atoms with E-state index in [2.05, 4.69) is 22.0 Å². The smallest absolute Gasteiger partial charge is 0.122 e. The molecule has 2 atom stereocenters. The maximum atomic E-state index is 6.31. The van der Waals surface area contributed by atoms with Crippen LogP contribution in [0.1, 0.15) is 24.8 Å². The summed E-state index contributed by atoms with van der Waals surface area (Å²) in [6.45, 7) is 0. The predicted octanol–water partition coefficient (Wildman–Crippen LogP) is 4.41. The fourth-order valence-corrected chi connectivity index (χ4v) is 3.19. The molecule has 0 amide bonds. The molecule has 16 heavy (non-hydrogen) atoms. The molecule has 2 rings (SSSR count). The summed E-state index contributed by atoms with van der Waals surface area (Å²) in [5.74, 6) is 1.57. The van der Waals surface area contributed by atoms with Gasteiger partial charge in [-0.15, -0.1) is 11.6 Å². The van der Waals surface area contributed by atoms with Gasteiger partial charge in [0.15, 0.2) is 0 Å². The Hall–Kier alpha value is -0.210. The number of alkyl halides is 1. The largest absolute Gasteiger partial charge is 0.496 e. The van der Waals surface area contributed by atoms with Crippen molar-refractivity contribution in [2.24, 2.45) is 5.92 Å². The van der Waals surface area contributed by atoms with Crippen molar-refractivity contribution in [2.75, 3.05) is 7.11 Å². The highest BCUT2D eigenvalue weighted by molar-refractivity contribution is 9.10. The van der Waals surface area contributed by atoms with Crippen LogP contribution in [0.3, 0.4) is 0 Å². The normalized spacial score (nSPS) is 24.7. The van der Waals surface area contributed by atoms with Crippen molar-refractivity contribution in [3.63, 3.8) is 0 Å². The molecule has 0 spiro atoms. The number of hydrogen-bond donors (Lipinski definition) is 0. The molecule has 1 aromatic carbocycles. The van der Waals surface area contributed by atoms with Gasteiger partial charge in [0.25, 0.3) is 0 Å². The quantitative estimate of drug-likeness (QED) is 0.752. The van der Waals surface area contributed by atoms with Gasteiger partial charge < -0.3 is 4.74 Å². The third-order valence-corrected chi connectivity index (χ3v) is 4.36. The lowest BCUT2D eigenvalue weighted by Gasteiger charge is -2.16. The molecule has 0 saturated heterocycles. The van der Waals surface area contributed by atoms with Crippen LogP contribution in [-0.4, -0.2) is 12.5 Å². The molecule has 0 N–H and O–H groups in total. The monoisotopic (exact) mass is 302 g/mol.